The smallest absolute Gasteiger partial charge is 0.320 e. The number of aromatic amines is 1. The first kappa shape index (κ1) is 17.8. The third kappa shape index (κ3) is 3.48. The number of hydrogen-bond donors (Lipinski definition) is 2. The number of carbonyl (C=O) groups is 1. The molecule has 0 spiro atoms. The number of nitrogens with zero attached hydrogens (tertiary/aromatic N) is 2. The highest BCUT2D eigenvalue weighted by Gasteiger charge is 2.25. The highest BCUT2D eigenvalue weighted by atomic mass is 19.1. The highest BCUT2D eigenvalue weighted by Crippen LogP contribution is 2.20. The van der Waals surface area contributed by atoms with Crippen LogP contribution in [0.5, 0.6) is 0 Å². The fourth-order valence-corrected chi connectivity index (χ4v) is 3.12. The molecule has 28 heavy (non-hydrogen) atoms. The van der Waals surface area contributed by atoms with Gasteiger partial charge in [-0.1, -0.05) is 30.3 Å². The molecule has 1 aliphatic rings. The molecular formula is C20H16F2N4O2. The molecule has 8 heteroatoms. The number of fused-ring (bicyclic) bond motifs is 1. The lowest BCUT2D eigenvalue weighted by Crippen LogP contribution is -2.41. The van der Waals surface area contributed by atoms with Crippen molar-refractivity contribution in [3.8, 4) is 11.4 Å². The summed E-state index contributed by atoms with van der Waals surface area (Å²) in [7, 11) is 0. The second-order valence-corrected chi connectivity index (χ2v) is 6.43. The van der Waals surface area contributed by atoms with Crippen LogP contribution in [-0.2, 0) is 13.0 Å². The highest BCUT2D eigenvalue weighted by molar-refractivity contribution is 5.89. The maximum atomic E-state index is 13.7. The van der Waals surface area contributed by atoms with Crippen molar-refractivity contribution in [2.45, 2.75) is 13.0 Å². The lowest BCUT2D eigenvalue weighted by atomic mass is 10.1. The van der Waals surface area contributed by atoms with Crippen molar-refractivity contribution >= 4 is 11.7 Å². The van der Waals surface area contributed by atoms with Gasteiger partial charge >= 0.3 is 6.03 Å². The van der Waals surface area contributed by atoms with Crippen LogP contribution in [0.4, 0.5) is 19.3 Å². The zero-order valence-electron chi connectivity index (χ0n) is 14.7. The van der Waals surface area contributed by atoms with E-state index in [-0.39, 0.29) is 17.8 Å². The second kappa shape index (κ2) is 7.22. The molecule has 6 nitrogen and oxygen atoms in total. The van der Waals surface area contributed by atoms with Crippen LogP contribution in [0.15, 0.2) is 53.3 Å². The average molecular weight is 382 g/mol. The van der Waals surface area contributed by atoms with E-state index in [0.717, 1.165) is 17.7 Å². The molecule has 0 bridgehead atoms. The van der Waals surface area contributed by atoms with Gasteiger partial charge < -0.3 is 15.2 Å². The third-order valence-electron chi connectivity index (χ3n) is 4.58. The summed E-state index contributed by atoms with van der Waals surface area (Å²) in [6.07, 6.45) is 0.401. The summed E-state index contributed by atoms with van der Waals surface area (Å²) in [5.74, 6) is -1.11. The largest absolute Gasteiger partial charge is 0.322 e. The van der Waals surface area contributed by atoms with Crippen LogP contribution in [0.3, 0.4) is 0 Å². The molecule has 3 aromatic rings. The van der Waals surface area contributed by atoms with Crippen molar-refractivity contribution in [2.75, 3.05) is 11.9 Å². The normalized spacial score (nSPS) is 13.1. The van der Waals surface area contributed by atoms with E-state index in [4.69, 9.17) is 0 Å². The first-order chi connectivity index (χ1) is 13.5. The van der Waals surface area contributed by atoms with Crippen LogP contribution >= 0.6 is 0 Å². The van der Waals surface area contributed by atoms with Crippen LogP contribution in [0.1, 0.15) is 11.3 Å². The zero-order chi connectivity index (χ0) is 19.7. The van der Waals surface area contributed by atoms with Gasteiger partial charge in [0.05, 0.1) is 23.5 Å². The molecule has 142 valence electrons. The molecule has 2 N–H and O–H groups in total. The van der Waals surface area contributed by atoms with Gasteiger partial charge in [0.15, 0.2) is 0 Å². The van der Waals surface area contributed by atoms with Crippen molar-refractivity contribution < 1.29 is 13.6 Å². The summed E-state index contributed by atoms with van der Waals surface area (Å²) in [5.41, 5.74) is 1.41. The lowest BCUT2D eigenvalue weighted by molar-refractivity contribution is 0.205. The number of nitrogens with one attached hydrogen (secondary N) is 2. The molecule has 4 rings (SSSR count). The average Bonchev–Trinajstić information content (AvgIpc) is 2.70. The molecule has 0 aliphatic carbocycles. The number of aromatic nitrogens is 2. The van der Waals surface area contributed by atoms with E-state index < -0.39 is 17.7 Å². The first-order valence-corrected chi connectivity index (χ1v) is 8.70. The quantitative estimate of drug-likeness (QED) is 0.714. The summed E-state index contributed by atoms with van der Waals surface area (Å²) < 4.78 is 26.7. The fraction of sp³-hybridized carbons (Fsp3) is 0.150. The van der Waals surface area contributed by atoms with Gasteiger partial charge in [0.1, 0.15) is 17.5 Å². The molecule has 0 fully saturated rings. The molecule has 1 aliphatic heterocycles. The summed E-state index contributed by atoms with van der Waals surface area (Å²) in [6, 6.07) is 11.6. The minimum atomic E-state index is -0.863. The summed E-state index contributed by atoms with van der Waals surface area (Å²) in [6.45, 7) is 0.383. The number of H-pyrrole nitrogens is 1. The number of benzene rings is 2. The van der Waals surface area contributed by atoms with Crippen LogP contribution in [0.25, 0.3) is 11.4 Å². The number of rotatable bonds is 2. The number of halogens is 2. The van der Waals surface area contributed by atoms with E-state index in [2.05, 4.69) is 15.3 Å². The van der Waals surface area contributed by atoms with Crippen molar-refractivity contribution in [1.82, 2.24) is 14.9 Å². The molecule has 0 atom stereocenters. The Morgan fingerprint density at radius 2 is 1.93 bits per heavy atom. The molecular weight excluding hydrogens is 366 g/mol. The maximum absolute atomic E-state index is 13.7. The molecule has 0 unspecified atom stereocenters. The monoisotopic (exact) mass is 382 g/mol. The molecule has 2 aromatic carbocycles. The lowest BCUT2D eigenvalue weighted by Gasteiger charge is -2.28. The Kier molecular flexibility index (Phi) is 4.60. The standard InChI is InChI=1S/C20H16F2N4O2/c21-13-6-7-17(15(22)10-13)24-20(28)26-9-8-16-14(11-26)19(27)25-18(23-16)12-4-2-1-3-5-12/h1-7,10H,8-9,11H2,(H,24,28)(H,23,25,27). The Morgan fingerprint density at radius 3 is 2.68 bits per heavy atom. The number of carbonyl (C=O) groups excluding carboxylic acids is 1. The van der Waals surface area contributed by atoms with Crippen LogP contribution in [0.2, 0.25) is 0 Å². The van der Waals surface area contributed by atoms with Gasteiger partial charge in [0.2, 0.25) is 0 Å². The van der Waals surface area contributed by atoms with Gasteiger partial charge in [0.25, 0.3) is 5.56 Å². The van der Waals surface area contributed by atoms with Crippen LogP contribution in [-0.4, -0.2) is 27.4 Å². The Bertz CT molecular complexity index is 1100. The SMILES string of the molecule is O=C(Nc1ccc(F)cc1F)N1CCc2nc(-c3ccccc3)[nH]c(=O)c2C1. The summed E-state index contributed by atoms with van der Waals surface area (Å²) in [4.78, 5) is 33.6. The van der Waals surface area contributed by atoms with Gasteiger partial charge in [-0.05, 0) is 12.1 Å². The fourth-order valence-electron chi connectivity index (χ4n) is 3.12. The topological polar surface area (TPSA) is 78.1 Å². The summed E-state index contributed by atoms with van der Waals surface area (Å²) in [5, 5.41) is 2.41. The van der Waals surface area contributed by atoms with Crippen molar-refractivity contribution in [1.29, 1.82) is 0 Å². The van der Waals surface area contributed by atoms with E-state index in [9.17, 15) is 18.4 Å². The number of hydrogen-bond acceptors (Lipinski definition) is 3. The minimum absolute atomic E-state index is 0.0569. The van der Waals surface area contributed by atoms with Gasteiger partial charge in [-0.15, -0.1) is 0 Å². The summed E-state index contributed by atoms with van der Waals surface area (Å²) >= 11 is 0. The Labute approximate surface area is 158 Å². The minimum Gasteiger partial charge on any atom is -0.320 e. The van der Waals surface area contributed by atoms with Gasteiger partial charge in [0, 0.05) is 24.6 Å². The Balaban J connectivity index is 1.55. The molecule has 0 saturated heterocycles. The molecule has 2 amide bonds. The Morgan fingerprint density at radius 1 is 1.14 bits per heavy atom. The molecule has 0 saturated carbocycles. The Hall–Kier alpha value is -3.55. The van der Waals surface area contributed by atoms with E-state index >= 15 is 0 Å². The van der Waals surface area contributed by atoms with E-state index in [0.29, 0.717) is 36.1 Å². The van der Waals surface area contributed by atoms with Crippen molar-refractivity contribution in [3.63, 3.8) is 0 Å². The molecule has 2 heterocycles. The molecule has 0 radical (unpaired) electrons. The van der Waals surface area contributed by atoms with E-state index in [1.54, 1.807) is 0 Å². The van der Waals surface area contributed by atoms with Crippen LogP contribution < -0.4 is 10.9 Å². The predicted octanol–water partition coefficient (Wildman–Crippen LogP) is 3.31. The number of anilines is 1. The zero-order valence-corrected chi connectivity index (χ0v) is 14.7. The molecule has 1 aromatic heterocycles. The van der Waals surface area contributed by atoms with Gasteiger partial charge in [-0.25, -0.2) is 18.6 Å². The van der Waals surface area contributed by atoms with Crippen molar-refractivity contribution in [2.24, 2.45) is 0 Å². The van der Waals surface area contributed by atoms with E-state index in [1.165, 1.54) is 4.90 Å². The van der Waals surface area contributed by atoms with E-state index in [1.807, 2.05) is 30.3 Å². The first-order valence-electron chi connectivity index (χ1n) is 8.70. The second-order valence-electron chi connectivity index (χ2n) is 6.43. The maximum Gasteiger partial charge on any atom is 0.322 e. The van der Waals surface area contributed by atoms with Crippen LogP contribution in [0, 0.1) is 11.6 Å². The van der Waals surface area contributed by atoms with Crippen molar-refractivity contribution in [3.05, 3.63) is 81.8 Å². The number of amides is 2. The predicted molar refractivity (Wildman–Crippen MR) is 99.8 cm³/mol. The third-order valence-corrected chi connectivity index (χ3v) is 4.58. The number of urea groups is 1. The van der Waals surface area contributed by atoms with Gasteiger partial charge in [-0.3, -0.25) is 4.79 Å². The van der Waals surface area contributed by atoms with Gasteiger partial charge in [-0.2, -0.15) is 0 Å².